The van der Waals surface area contributed by atoms with E-state index in [4.69, 9.17) is 4.74 Å². The summed E-state index contributed by atoms with van der Waals surface area (Å²) < 4.78 is 32.2. The average Bonchev–Trinajstić information content (AvgIpc) is 3.23. The second-order valence-electron chi connectivity index (χ2n) is 6.07. The molecule has 5 nitrogen and oxygen atoms in total. The zero-order chi connectivity index (χ0) is 17.5. The maximum Gasteiger partial charge on any atom is 0.329 e. The van der Waals surface area contributed by atoms with Gasteiger partial charge in [0.1, 0.15) is 0 Å². The standard InChI is InChI=1S/C18H19NO4S/c1-13-9-11-15(12-10-13)24(21,22)19-16(14-7-5-4-6-8-14)18(19,2)17(20)23-3/h4-12,16H,1-3H3/t16-,18+,19?/m0/s1. The summed E-state index contributed by atoms with van der Waals surface area (Å²) in [6.45, 7) is 3.49. The van der Waals surface area contributed by atoms with E-state index in [-0.39, 0.29) is 4.90 Å². The average molecular weight is 345 g/mol. The highest BCUT2D eigenvalue weighted by Gasteiger charge is 2.71. The van der Waals surface area contributed by atoms with Gasteiger partial charge >= 0.3 is 5.97 Å². The van der Waals surface area contributed by atoms with E-state index in [1.807, 2.05) is 37.3 Å². The number of hydrogen-bond acceptors (Lipinski definition) is 4. The first-order valence-electron chi connectivity index (χ1n) is 7.58. The van der Waals surface area contributed by atoms with Crippen molar-refractivity contribution >= 4 is 16.0 Å². The number of aryl methyl sites for hydroxylation is 1. The van der Waals surface area contributed by atoms with Crippen LogP contribution in [0, 0.1) is 6.92 Å². The summed E-state index contributed by atoms with van der Waals surface area (Å²) in [4.78, 5) is 12.5. The highest BCUT2D eigenvalue weighted by Crippen LogP contribution is 2.57. The second kappa shape index (κ2) is 5.72. The molecule has 0 amide bonds. The third kappa shape index (κ3) is 2.42. The molecule has 0 N–H and O–H groups in total. The minimum absolute atomic E-state index is 0.168. The molecule has 1 aliphatic rings. The molecular formula is C18H19NO4S. The van der Waals surface area contributed by atoms with E-state index in [2.05, 4.69) is 0 Å². The highest BCUT2D eigenvalue weighted by molar-refractivity contribution is 7.89. The molecule has 6 heteroatoms. The van der Waals surface area contributed by atoms with Gasteiger partial charge in [0.25, 0.3) is 0 Å². The monoisotopic (exact) mass is 345 g/mol. The Labute approximate surface area is 141 Å². The van der Waals surface area contributed by atoms with E-state index in [0.717, 1.165) is 11.1 Å². The molecule has 1 unspecified atom stereocenters. The van der Waals surface area contributed by atoms with E-state index in [0.29, 0.717) is 0 Å². The maximum absolute atomic E-state index is 13.0. The Kier molecular flexibility index (Phi) is 3.97. The summed E-state index contributed by atoms with van der Waals surface area (Å²) in [6, 6.07) is 15.1. The van der Waals surface area contributed by atoms with Crippen molar-refractivity contribution in [3.05, 3.63) is 65.7 Å². The lowest BCUT2D eigenvalue weighted by atomic mass is 10.0. The SMILES string of the molecule is COC(=O)[C@@]1(C)[C@H](c2ccccc2)N1S(=O)(=O)c1ccc(C)cc1. The smallest absolute Gasteiger partial charge is 0.329 e. The molecule has 1 heterocycles. The zero-order valence-corrected chi connectivity index (χ0v) is 14.6. The molecule has 0 radical (unpaired) electrons. The number of nitrogens with zero attached hydrogens (tertiary/aromatic N) is 1. The third-order valence-electron chi connectivity index (χ3n) is 4.45. The predicted molar refractivity (Wildman–Crippen MR) is 89.8 cm³/mol. The fraction of sp³-hybridized carbons (Fsp3) is 0.278. The van der Waals surface area contributed by atoms with Crippen LogP contribution in [0.25, 0.3) is 0 Å². The number of hydrogen-bond donors (Lipinski definition) is 0. The summed E-state index contributed by atoms with van der Waals surface area (Å²) in [5.41, 5.74) is 0.496. The zero-order valence-electron chi connectivity index (χ0n) is 13.8. The van der Waals surface area contributed by atoms with Crippen molar-refractivity contribution in [3.8, 4) is 0 Å². The van der Waals surface area contributed by atoms with Crippen LogP contribution in [0.2, 0.25) is 0 Å². The van der Waals surface area contributed by atoms with Gasteiger partial charge in [0.05, 0.1) is 18.0 Å². The van der Waals surface area contributed by atoms with Crippen LogP contribution < -0.4 is 0 Å². The van der Waals surface area contributed by atoms with E-state index in [1.165, 1.54) is 11.4 Å². The normalized spacial score (nSPS) is 26.0. The molecule has 24 heavy (non-hydrogen) atoms. The predicted octanol–water partition coefficient (Wildman–Crippen LogP) is 2.67. The van der Waals surface area contributed by atoms with Gasteiger partial charge in [0.2, 0.25) is 10.0 Å². The second-order valence-corrected chi connectivity index (χ2v) is 7.88. The van der Waals surface area contributed by atoms with Crippen molar-refractivity contribution < 1.29 is 17.9 Å². The number of carbonyl (C=O) groups is 1. The number of ether oxygens (including phenoxy) is 1. The fourth-order valence-electron chi connectivity index (χ4n) is 3.08. The Morgan fingerprint density at radius 2 is 1.67 bits per heavy atom. The first-order chi connectivity index (χ1) is 11.3. The van der Waals surface area contributed by atoms with Crippen LogP contribution in [0.4, 0.5) is 0 Å². The molecule has 0 saturated carbocycles. The van der Waals surface area contributed by atoms with Gasteiger partial charge in [-0.1, -0.05) is 48.0 Å². The number of rotatable bonds is 4. The molecule has 126 valence electrons. The van der Waals surface area contributed by atoms with Crippen LogP contribution in [0.5, 0.6) is 0 Å². The number of methoxy groups -OCH3 is 1. The lowest BCUT2D eigenvalue weighted by molar-refractivity contribution is -0.144. The van der Waals surface area contributed by atoms with Crippen molar-refractivity contribution in [1.82, 2.24) is 4.31 Å². The molecule has 0 aromatic heterocycles. The lowest BCUT2D eigenvalue weighted by Gasteiger charge is -2.10. The Morgan fingerprint density at radius 1 is 1.08 bits per heavy atom. The quantitative estimate of drug-likeness (QED) is 0.631. The van der Waals surface area contributed by atoms with Gasteiger partial charge in [-0.25, -0.2) is 13.2 Å². The molecule has 0 spiro atoms. The van der Waals surface area contributed by atoms with Gasteiger partial charge in [0, 0.05) is 0 Å². The summed E-state index contributed by atoms with van der Waals surface area (Å²) in [7, 11) is -2.54. The highest BCUT2D eigenvalue weighted by atomic mass is 32.2. The fourth-order valence-corrected chi connectivity index (χ4v) is 5.01. The van der Waals surface area contributed by atoms with Gasteiger partial charge in [-0.15, -0.1) is 0 Å². The van der Waals surface area contributed by atoms with E-state index in [1.54, 1.807) is 31.2 Å². The molecular weight excluding hydrogens is 326 g/mol. The van der Waals surface area contributed by atoms with Crippen LogP contribution >= 0.6 is 0 Å². The summed E-state index contributed by atoms with van der Waals surface area (Å²) in [6.07, 6.45) is 0. The van der Waals surface area contributed by atoms with Crippen molar-refractivity contribution in [2.75, 3.05) is 7.11 Å². The third-order valence-corrected chi connectivity index (χ3v) is 6.42. The molecule has 3 atom stereocenters. The lowest BCUT2D eigenvalue weighted by Crippen LogP contribution is -2.30. The summed E-state index contributed by atoms with van der Waals surface area (Å²) in [5, 5.41) is 0. The van der Waals surface area contributed by atoms with E-state index in [9.17, 15) is 13.2 Å². The molecule has 2 aromatic rings. The molecule has 0 bridgehead atoms. The number of sulfonamides is 1. The molecule has 0 aliphatic carbocycles. The van der Waals surface area contributed by atoms with Crippen LogP contribution in [0.3, 0.4) is 0 Å². The van der Waals surface area contributed by atoms with Gasteiger partial charge in [0.15, 0.2) is 5.54 Å². The van der Waals surface area contributed by atoms with Gasteiger partial charge in [-0.2, -0.15) is 4.31 Å². The Bertz CT molecular complexity index is 862. The number of esters is 1. The Balaban J connectivity index is 2.07. The Hall–Kier alpha value is -2.18. The van der Waals surface area contributed by atoms with Crippen LogP contribution in [0.1, 0.15) is 24.1 Å². The van der Waals surface area contributed by atoms with Crippen molar-refractivity contribution in [2.24, 2.45) is 0 Å². The molecule has 3 rings (SSSR count). The molecule has 1 aliphatic heterocycles. The van der Waals surface area contributed by atoms with E-state index < -0.39 is 27.6 Å². The van der Waals surface area contributed by atoms with Gasteiger partial charge in [-0.05, 0) is 31.5 Å². The van der Waals surface area contributed by atoms with E-state index >= 15 is 0 Å². The topological polar surface area (TPSA) is 63.5 Å². The largest absolute Gasteiger partial charge is 0.468 e. The van der Waals surface area contributed by atoms with Crippen LogP contribution in [0.15, 0.2) is 59.5 Å². The first kappa shape index (κ1) is 16.7. The number of carbonyl (C=O) groups excluding carboxylic acids is 1. The maximum atomic E-state index is 13.0. The van der Waals surface area contributed by atoms with Crippen LogP contribution in [-0.4, -0.2) is 31.3 Å². The first-order valence-corrected chi connectivity index (χ1v) is 9.02. The molecule has 2 aromatic carbocycles. The van der Waals surface area contributed by atoms with Crippen molar-refractivity contribution in [2.45, 2.75) is 30.3 Å². The Morgan fingerprint density at radius 3 is 2.21 bits per heavy atom. The summed E-state index contributed by atoms with van der Waals surface area (Å²) >= 11 is 0. The van der Waals surface area contributed by atoms with Crippen molar-refractivity contribution in [3.63, 3.8) is 0 Å². The van der Waals surface area contributed by atoms with Gasteiger partial charge < -0.3 is 4.74 Å². The minimum atomic E-state index is -3.81. The number of benzene rings is 2. The van der Waals surface area contributed by atoms with Crippen molar-refractivity contribution in [1.29, 1.82) is 0 Å². The summed E-state index contributed by atoms with van der Waals surface area (Å²) in [5.74, 6) is -0.563. The molecule has 1 saturated heterocycles. The minimum Gasteiger partial charge on any atom is -0.468 e. The molecule has 1 fully saturated rings. The van der Waals surface area contributed by atoms with Crippen LogP contribution in [-0.2, 0) is 19.6 Å². The van der Waals surface area contributed by atoms with Gasteiger partial charge in [-0.3, -0.25) is 0 Å².